The van der Waals surface area contributed by atoms with Crippen LogP contribution in [-0.2, 0) is 6.54 Å². The molecule has 1 saturated heterocycles. The van der Waals surface area contributed by atoms with Gasteiger partial charge in [-0.25, -0.2) is 4.98 Å². The van der Waals surface area contributed by atoms with Gasteiger partial charge in [0, 0.05) is 50.5 Å². The molecule has 0 radical (unpaired) electrons. The second-order valence-electron chi connectivity index (χ2n) is 7.37. The Kier molecular flexibility index (Phi) is 8.16. The van der Waals surface area contributed by atoms with E-state index in [1.54, 1.807) is 6.20 Å². The summed E-state index contributed by atoms with van der Waals surface area (Å²) in [4.78, 5) is 11.3. The molecule has 1 aliphatic rings. The molecule has 0 bridgehead atoms. The quantitative estimate of drug-likeness (QED) is 0.423. The molecule has 2 heterocycles. The van der Waals surface area contributed by atoms with Gasteiger partial charge in [0.25, 0.3) is 0 Å². The van der Waals surface area contributed by atoms with Crippen LogP contribution in [0.25, 0.3) is 0 Å². The van der Waals surface area contributed by atoms with Crippen LogP contribution in [0.4, 0.5) is 0 Å². The summed E-state index contributed by atoms with van der Waals surface area (Å²) in [6, 6.07) is 4.99. The molecule has 2 rings (SSSR count). The molecule has 146 valence electrons. The number of pyridine rings is 1. The molecule has 0 aromatic carbocycles. The van der Waals surface area contributed by atoms with Crippen LogP contribution in [0, 0.1) is 5.92 Å². The standard InChI is InChI=1S/C20H35N5O/c1-6-7-11-26-19-17(9-8-10-22-19)12-23-20(21-5)24-18-14-25(15(2)3)13-16(18)4/h8-10,15-16,18H,6-7,11-14H2,1-5H3,(H2,21,23,24). The lowest BCUT2D eigenvalue weighted by Crippen LogP contribution is -2.46. The maximum Gasteiger partial charge on any atom is 0.218 e. The third-order valence-electron chi connectivity index (χ3n) is 4.95. The van der Waals surface area contributed by atoms with E-state index < -0.39 is 0 Å². The Labute approximate surface area is 158 Å². The van der Waals surface area contributed by atoms with Crippen LogP contribution in [0.5, 0.6) is 5.88 Å². The molecular formula is C20H35N5O. The topological polar surface area (TPSA) is 61.8 Å². The Hall–Kier alpha value is -1.82. The van der Waals surface area contributed by atoms with E-state index in [2.05, 4.69) is 53.2 Å². The van der Waals surface area contributed by atoms with Crippen LogP contribution >= 0.6 is 0 Å². The van der Waals surface area contributed by atoms with Gasteiger partial charge in [0.2, 0.25) is 5.88 Å². The van der Waals surface area contributed by atoms with Gasteiger partial charge < -0.3 is 15.4 Å². The average molecular weight is 362 g/mol. The molecule has 2 atom stereocenters. The highest BCUT2D eigenvalue weighted by Crippen LogP contribution is 2.19. The van der Waals surface area contributed by atoms with E-state index in [0.29, 0.717) is 37.0 Å². The summed E-state index contributed by atoms with van der Waals surface area (Å²) < 4.78 is 5.82. The van der Waals surface area contributed by atoms with Crippen LogP contribution in [0.2, 0.25) is 0 Å². The van der Waals surface area contributed by atoms with E-state index in [4.69, 9.17) is 4.74 Å². The van der Waals surface area contributed by atoms with Gasteiger partial charge in [0.15, 0.2) is 5.96 Å². The number of guanidine groups is 1. The molecule has 1 aromatic heterocycles. The summed E-state index contributed by atoms with van der Waals surface area (Å²) >= 11 is 0. The van der Waals surface area contributed by atoms with Crippen LogP contribution in [0.15, 0.2) is 23.3 Å². The molecule has 26 heavy (non-hydrogen) atoms. The number of likely N-dealkylation sites (tertiary alicyclic amines) is 1. The molecule has 0 spiro atoms. The molecule has 6 nitrogen and oxygen atoms in total. The summed E-state index contributed by atoms with van der Waals surface area (Å²) in [6.45, 7) is 12.5. The fourth-order valence-electron chi connectivity index (χ4n) is 3.16. The minimum atomic E-state index is 0.415. The fourth-order valence-corrected chi connectivity index (χ4v) is 3.16. The number of nitrogens with one attached hydrogen (secondary N) is 2. The lowest BCUT2D eigenvalue weighted by atomic mass is 10.1. The normalized spacial score (nSPS) is 21.2. The number of unbranched alkanes of at least 4 members (excludes halogenated alkanes) is 1. The van der Waals surface area contributed by atoms with Crippen molar-refractivity contribution in [3.63, 3.8) is 0 Å². The lowest BCUT2D eigenvalue weighted by molar-refractivity contribution is 0.265. The summed E-state index contributed by atoms with van der Waals surface area (Å²) in [5, 5.41) is 6.99. The second-order valence-corrected chi connectivity index (χ2v) is 7.37. The first kappa shape index (κ1) is 20.5. The minimum absolute atomic E-state index is 0.415. The van der Waals surface area contributed by atoms with Crippen molar-refractivity contribution in [1.29, 1.82) is 0 Å². The Balaban J connectivity index is 1.89. The van der Waals surface area contributed by atoms with Crippen molar-refractivity contribution < 1.29 is 4.74 Å². The van der Waals surface area contributed by atoms with Gasteiger partial charge in [-0.2, -0.15) is 0 Å². The van der Waals surface area contributed by atoms with Gasteiger partial charge in [0.05, 0.1) is 6.61 Å². The van der Waals surface area contributed by atoms with Crippen molar-refractivity contribution in [2.45, 2.75) is 59.2 Å². The third-order valence-corrected chi connectivity index (χ3v) is 4.95. The van der Waals surface area contributed by atoms with E-state index in [-0.39, 0.29) is 0 Å². The van der Waals surface area contributed by atoms with Crippen molar-refractivity contribution in [2.75, 3.05) is 26.7 Å². The van der Waals surface area contributed by atoms with E-state index in [0.717, 1.165) is 37.5 Å². The number of ether oxygens (including phenoxy) is 1. The second kappa shape index (κ2) is 10.4. The van der Waals surface area contributed by atoms with Crippen molar-refractivity contribution in [3.05, 3.63) is 23.9 Å². The molecule has 2 N–H and O–H groups in total. The molecule has 1 aliphatic heterocycles. The summed E-state index contributed by atoms with van der Waals surface area (Å²) in [7, 11) is 1.82. The highest BCUT2D eigenvalue weighted by molar-refractivity contribution is 5.80. The highest BCUT2D eigenvalue weighted by Gasteiger charge is 2.31. The lowest BCUT2D eigenvalue weighted by Gasteiger charge is -2.22. The molecule has 1 aromatic rings. The number of rotatable bonds is 8. The largest absolute Gasteiger partial charge is 0.477 e. The number of hydrogen-bond donors (Lipinski definition) is 2. The number of aromatic nitrogens is 1. The zero-order valence-electron chi connectivity index (χ0n) is 17.0. The minimum Gasteiger partial charge on any atom is -0.477 e. The van der Waals surface area contributed by atoms with Crippen molar-refractivity contribution in [2.24, 2.45) is 10.9 Å². The first-order valence-electron chi connectivity index (χ1n) is 9.83. The molecule has 0 saturated carbocycles. The van der Waals surface area contributed by atoms with Gasteiger partial charge >= 0.3 is 0 Å². The van der Waals surface area contributed by atoms with E-state index in [1.807, 2.05) is 19.2 Å². The summed E-state index contributed by atoms with van der Waals surface area (Å²) in [6.07, 6.45) is 3.93. The molecule has 6 heteroatoms. The Bertz CT molecular complexity index is 575. The average Bonchev–Trinajstić information content (AvgIpc) is 3.00. The van der Waals surface area contributed by atoms with Crippen LogP contribution in [0.1, 0.15) is 46.1 Å². The van der Waals surface area contributed by atoms with E-state index in [1.165, 1.54) is 0 Å². The van der Waals surface area contributed by atoms with Crippen molar-refractivity contribution in [3.8, 4) is 5.88 Å². The Morgan fingerprint density at radius 2 is 2.23 bits per heavy atom. The van der Waals surface area contributed by atoms with Gasteiger partial charge in [-0.05, 0) is 32.3 Å². The number of aliphatic imine (C=N–C) groups is 1. The third kappa shape index (κ3) is 5.87. The smallest absolute Gasteiger partial charge is 0.218 e. The monoisotopic (exact) mass is 361 g/mol. The van der Waals surface area contributed by atoms with Crippen molar-refractivity contribution >= 4 is 5.96 Å². The SMILES string of the molecule is CCCCOc1ncccc1CNC(=NC)NC1CN(C(C)C)CC1C. The van der Waals surface area contributed by atoms with Gasteiger partial charge in [-0.15, -0.1) is 0 Å². The maximum absolute atomic E-state index is 5.82. The fraction of sp³-hybridized carbons (Fsp3) is 0.700. The molecule has 0 aliphatic carbocycles. The molecular weight excluding hydrogens is 326 g/mol. The zero-order chi connectivity index (χ0) is 18.9. The predicted octanol–water partition coefficient (Wildman–Crippen LogP) is 2.65. The first-order valence-corrected chi connectivity index (χ1v) is 9.83. The highest BCUT2D eigenvalue weighted by atomic mass is 16.5. The van der Waals surface area contributed by atoms with Gasteiger partial charge in [-0.1, -0.05) is 26.3 Å². The van der Waals surface area contributed by atoms with Crippen LogP contribution < -0.4 is 15.4 Å². The van der Waals surface area contributed by atoms with Crippen molar-refractivity contribution in [1.82, 2.24) is 20.5 Å². The molecule has 1 fully saturated rings. The van der Waals surface area contributed by atoms with E-state index >= 15 is 0 Å². The number of nitrogens with zero attached hydrogens (tertiary/aromatic N) is 3. The molecule has 0 amide bonds. The Morgan fingerprint density at radius 1 is 1.42 bits per heavy atom. The van der Waals surface area contributed by atoms with Crippen LogP contribution in [-0.4, -0.2) is 54.7 Å². The maximum atomic E-state index is 5.82. The number of hydrogen-bond acceptors (Lipinski definition) is 4. The summed E-state index contributed by atoms with van der Waals surface area (Å²) in [5.41, 5.74) is 1.05. The molecule has 2 unspecified atom stereocenters. The van der Waals surface area contributed by atoms with Crippen LogP contribution in [0.3, 0.4) is 0 Å². The Morgan fingerprint density at radius 3 is 2.88 bits per heavy atom. The summed E-state index contributed by atoms with van der Waals surface area (Å²) in [5.74, 6) is 2.14. The first-order chi connectivity index (χ1) is 12.5. The zero-order valence-corrected chi connectivity index (χ0v) is 17.0. The van der Waals surface area contributed by atoms with E-state index in [9.17, 15) is 0 Å². The predicted molar refractivity (Wildman–Crippen MR) is 108 cm³/mol. The van der Waals surface area contributed by atoms with Gasteiger partial charge in [-0.3, -0.25) is 9.89 Å². The van der Waals surface area contributed by atoms with Gasteiger partial charge in [0.1, 0.15) is 0 Å².